The van der Waals surface area contributed by atoms with Crippen molar-refractivity contribution in [2.24, 2.45) is 5.92 Å². The minimum atomic E-state index is -0.206. The number of rotatable bonds is 5. The Morgan fingerprint density at radius 3 is 2.70 bits per heavy atom. The molecule has 0 saturated carbocycles. The molecule has 1 N–H and O–H groups in total. The van der Waals surface area contributed by atoms with E-state index in [1.54, 1.807) is 13.0 Å². The van der Waals surface area contributed by atoms with E-state index < -0.39 is 0 Å². The molecule has 2 aromatic rings. The average Bonchev–Trinajstić information content (AvgIpc) is 2.93. The van der Waals surface area contributed by atoms with E-state index >= 15 is 0 Å². The molecule has 0 aliphatic heterocycles. The maximum Gasteiger partial charge on any atom is 0.273 e. The molecule has 0 radical (unpaired) electrons. The summed E-state index contributed by atoms with van der Waals surface area (Å²) in [5.41, 5.74) is 2.46. The third kappa shape index (κ3) is 3.46. The lowest BCUT2D eigenvalue weighted by molar-refractivity contribution is 0.0937. The van der Waals surface area contributed by atoms with Crippen LogP contribution in [0.3, 0.4) is 0 Å². The number of amides is 1. The molecular formula is C14H20N4O2. The minimum Gasteiger partial charge on any atom is -0.361 e. The van der Waals surface area contributed by atoms with Crippen LogP contribution >= 0.6 is 0 Å². The van der Waals surface area contributed by atoms with E-state index in [2.05, 4.69) is 22.5 Å². The van der Waals surface area contributed by atoms with Crippen molar-refractivity contribution < 1.29 is 9.32 Å². The lowest BCUT2D eigenvalue weighted by Crippen LogP contribution is -2.30. The van der Waals surface area contributed by atoms with Crippen molar-refractivity contribution in [1.29, 1.82) is 0 Å². The smallest absolute Gasteiger partial charge is 0.273 e. The molecule has 20 heavy (non-hydrogen) atoms. The van der Waals surface area contributed by atoms with Crippen LogP contribution in [0.15, 0.2) is 16.7 Å². The zero-order chi connectivity index (χ0) is 14.7. The Morgan fingerprint density at radius 1 is 1.40 bits per heavy atom. The maximum atomic E-state index is 11.8. The Morgan fingerprint density at radius 2 is 2.15 bits per heavy atom. The second-order valence-electron chi connectivity index (χ2n) is 5.25. The molecule has 0 aliphatic rings. The molecule has 6 heteroatoms. The molecule has 1 unspecified atom stereocenters. The minimum absolute atomic E-state index is 0.206. The molecule has 2 rings (SSSR count). The van der Waals surface area contributed by atoms with Gasteiger partial charge in [0.05, 0.1) is 5.69 Å². The van der Waals surface area contributed by atoms with E-state index in [0.29, 0.717) is 18.0 Å². The van der Waals surface area contributed by atoms with Crippen molar-refractivity contribution in [2.45, 2.75) is 34.2 Å². The highest BCUT2D eigenvalue weighted by Gasteiger charge is 2.13. The Balaban J connectivity index is 1.84. The van der Waals surface area contributed by atoms with Crippen LogP contribution in [0.5, 0.6) is 0 Å². The zero-order valence-corrected chi connectivity index (χ0v) is 12.3. The van der Waals surface area contributed by atoms with Gasteiger partial charge in [-0.2, -0.15) is 5.10 Å². The summed E-state index contributed by atoms with van der Waals surface area (Å²) >= 11 is 0. The summed E-state index contributed by atoms with van der Waals surface area (Å²) < 4.78 is 6.85. The molecule has 108 valence electrons. The van der Waals surface area contributed by atoms with Crippen molar-refractivity contribution in [3.05, 3.63) is 35.0 Å². The van der Waals surface area contributed by atoms with Gasteiger partial charge in [-0.15, -0.1) is 0 Å². The number of aromatic nitrogens is 3. The van der Waals surface area contributed by atoms with Crippen LogP contribution in [-0.4, -0.2) is 27.4 Å². The number of nitrogens with one attached hydrogen (secondary N) is 1. The first-order chi connectivity index (χ1) is 9.45. The van der Waals surface area contributed by atoms with Gasteiger partial charge < -0.3 is 9.84 Å². The van der Waals surface area contributed by atoms with Gasteiger partial charge in [-0.05, 0) is 32.8 Å². The van der Waals surface area contributed by atoms with Gasteiger partial charge in [0.25, 0.3) is 5.91 Å². The van der Waals surface area contributed by atoms with Crippen molar-refractivity contribution in [2.75, 3.05) is 6.54 Å². The van der Waals surface area contributed by atoms with Crippen LogP contribution in [0, 0.1) is 26.7 Å². The molecule has 0 bridgehead atoms. The van der Waals surface area contributed by atoms with Gasteiger partial charge in [-0.1, -0.05) is 12.1 Å². The standard InChI is InChI=1S/C14H20N4O2/c1-9(8-18-11(3)5-10(2)16-18)7-15-14(19)13-6-12(4)20-17-13/h5-6,9H,7-8H2,1-4H3,(H,15,19). The zero-order valence-electron chi connectivity index (χ0n) is 12.3. The van der Waals surface area contributed by atoms with Gasteiger partial charge in [0.1, 0.15) is 5.76 Å². The molecular weight excluding hydrogens is 256 g/mol. The lowest BCUT2D eigenvalue weighted by Gasteiger charge is -2.13. The number of carbonyl (C=O) groups excluding carboxylic acids is 1. The number of hydrogen-bond donors (Lipinski definition) is 1. The molecule has 1 amide bonds. The van der Waals surface area contributed by atoms with E-state index in [1.807, 2.05) is 24.6 Å². The summed E-state index contributed by atoms with van der Waals surface area (Å²) in [7, 11) is 0. The van der Waals surface area contributed by atoms with Crippen LogP contribution < -0.4 is 5.32 Å². The van der Waals surface area contributed by atoms with Crippen molar-refractivity contribution >= 4 is 5.91 Å². The first kappa shape index (κ1) is 14.3. The lowest BCUT2D eigenvalue weighted by atomic mass is 10.2. The summed E-state index contributed by atoms with van der Waals surface area (Å²) in [5, 5.41) is 11.0. The van der Waals surface area contributed by atoms with E-state index in [0.717, 1.165) is 17.9 Å². The van der Waals surface area contributed by atoms with Gasteiger partial charge in [-0.25, -0.2) is 0 Å². The molecule has 1 atom stereocenters. The Kier molecular flexibility index (Phi) is 4.22. The highest BCUT2D eigenvalue weighted by atomic mass is 16.5. The van der Waals surface area contributed by atoms with E-state index in [4.69, 9.17) is 4.52 Å². The number of hydrogen-bond acceptors (Lipinski definition) is 4. The predicted molar refractivity (Wildman–Crippen MR) is 74.4 cm³/mol. The third-order valence-corrected chi connectivity index (χ3v) is 3.06. The number of carbonyl (C=O) groups is 1. The quantitative estimate of drug-likeness (QED) is 0.904. The van der Waals surface area contributed by atoms with Gasteiger partial charge >= 0.3 is 0 Å². The average molecular weight is 276 g/mol. The highest BCUT2D eigenvalue weighted by molar-refractivity contribution is 5.92. The summed E-state index contributed by atoms with van der Waals surface area (Å²) in [4.78, 5) is 11.8. The van der Waals surface area contributed by atoms with E-state index in [-0.39, 0.29) is 11.8 Å². The summed E-state index contributed by atoms with van der Waals surface area (Å²) in [5.74, 6) is 0.706. The molecule has 0 fully saturated rings. The SMILES string of the molecule is Cc1cc(C)n(CC(C)CNC(=O)c2cc(C)on2)n1. The molecule has 2 aromatic heterocycles. The second-order valence-corrected chi connectivity index (χ2v) is 5.25. The van der Waals surface area contributed by atoms with Gasteiger partial charge in [0.15, 0.2) is 5.69 Å². The van der Waals surface area contributed by atoms with Crippen molar-refractivity contribution in [1.82, 2.24) is 20.3 Å². The fourth-order valence-corrected chi connectivity index (χ4v) is 2.05. The van der Waals surface area contributed by atoms with Crippen molar-refractivity contribution in [3.8, 4) is 0 Å². The van der Waals surface area contributed by atoms with Crippen LogP contribution in [0.25, 0.3) is 0 Å². The first-order valence-electron chi connectivity index (χ1n) is 6.68. The van der Waals surface area contributed by atoms with Crippen molar-refractivity contribution in [3.63, 3.8) is 0 Å². The van der Waals surface area contributed by atoms with Gasteiger partial charge in [0, 0.05) is 24.8 Å². The normalized spacial score (nSPS) is 12.4. The van der Waals surface area contributed by atoms with E-state index in [1.165, 1.54) is 0 Å². The molecule has 6 nitrogen and oxygen atoms in total. The number of aryl methyl sites for hydroxylation is 3. The largest absolute Gasteiger partial charge is 0.361 e. The topological polar surface area (TPSA) is 73.0 Å². The molecule has 0 aliphatic carbocycles. The number of nitrogens with zero attached hydrogens (tertiary/aromatic N) is 3. The first-order valence-corrected chi connectivity index (χ1v) is 6.68. The van der Waals surface area contributed by atoms with Crippen LogP contribution in [0.2, 0.25) is 0 Å². The fraction of sp³-hybridized carbons (Fsp3) is 0.500. The predicted octanol–water partition coefficient (Wildman–Crippen LogP) is 1.86. The highest BCUT2D eigenvalue weighted by Crippen LogP contribution is 2.06. The Bertz CT molecular complexity index is 600. The summed E-state index contributed by atoms with van der Waals surface area (Å²) in [6.45, 7) is 9.19. The molecule has 2 heterocycles. The fourth-order valence-electron chi connectivity index (χ4n) is 2.05. The second kappa shape index (κ2) is 5.90. The van der Waals surface area contributed by atoms with Crippen LogP contribution in [0.4, 0.5) is 0 Å². The summed E-state index contributed by atoms with van der Waals surface area (Å²) in [6.07, 6.45) is 0. The van der Waals surface area contributed by atoms with E-state index in [9.17, 15) is 4.79 Å². The maximum absolute atomic E-state index is 11.8. The van der Waals surface area contributed by atoms with Crippen LogP contribution in [0.1, 0.15) is 34.6 Å². The molecule has 0 aromatic carbocycles. The van der Waals surface area contributed by atoms with Gasteiger partial charge in [0.2, 0.25) is 0 Å². The van der Waals surface area contributed by atoms with Crippen LogP contribution in [-0.2, 0) is 6.54 Å². The van der Waals surface area contributed by atoms with Gasteiger partial charge in [-0.3, -0.25) is 9.48 Å². The molecule has 0 saturated heterocycles. The Hall–Kier alpha value is -2.11. The monoisotopic (exact) mass is 276 g/mol. The Labute approximate surface area is 118 Å². The third-order valence-electron chi connectivity index (χ3n) is 3.06. The summed E-state index contributed by atoms with van der Waals surface area (Å²) in [6, 6.07) is 3.67. The molecule has 0 spiro atoms.